The van der Waals surface area contributed by atoms with Gasteiger partial charge in [0.2, 0.25) is 0 Å². The minimum absolute atomic E-state index is 0.0915. The predicted octanol–water partition coefficient (Wildman–Crippen LogP) is 35.4. The molecular weight excluding hydrogens is 1650 g/mol. The third-order valence-corrected chi connectivity index (χ3v) is 25.6. The van der Waals surface area contributed by atoms with E-state index in [2.05, 4.69) is 48.5 Å². The Bertz CT molecular complexity index is 8070. The second kappa shape index (κ2) is 32.7. The smallest absolute Gasteiger partial charge is 0.136 e. The van der Waals surface area contributed by atoms with Crippen molar-refractivity contribution >= 4 is 176 Å². The molecule has 0 saturated carbocycles. The molecular formula is C120H72F8N4. The molecule has 0 fully saturated rings. The van der Waals surface area contributed by atoms with Crippen molar-refractivity contribution in [3.8, 4) is 44.5 Å². The molecule has 0 spiro atoms. The molecule has 24 aromatic rings. The minimum atomic E-state index is -0.679. The average Bonchev–Trinajstić information content (AvgIpc) is 0.716. The Morgan fingerprint density at radius 1 is 0.129 bits per heavy atom. The van der Waals surface area contributed by atoms with Crippen molar-refractivity contribution in [1.82, 2.24) is 0 Å². The monoisotopic (exact) mass is 1720 g/mol. The van der Waals surface area contributed by atoms with Crippen LogP contribution in [0.2, 0.25) is 0 Å². The highest BCUT2D eigenvalue weighted by molar-refractivity contribution is 6.30. The zero-order valence-electron chi connectivity index (χ0n) is 70.4. The zero-order chi connectivity index (χ0) is 88.9. The summed E-state index contributed by atoms with van der Waals surface area (Å²) in [5, 5.41) is 18.8. The number of nitrogens with zero attached hydrogens (tertiary/aromatic N) is 4. The van der Waals surface area contributed by atoms with Gasteiger partial charge in [-0.25, -0.2) is 35.1 Å². The van der Waals surface area contributed by atoms with E-state index < -0.39 is 46.5 Å². The molecule has 0 radical (unpaired) electrons. The molecule has 0 amide bonds. The fourth-order valence-corrected chi connectivity index (χ4v) is 19.7. The predicted molar refractivity (Wildman–Crippen MR) is 530 cm³/mol. The largest absolute Gasteiger partial charge is 0.310 e. The topological polar surface area (TPSA) is 13.0 Å². The second-order valence-corrected chi connectivity index (χ2v) is 33.2. The van der Waals surface area contributed by atoms with Gasteiger partial charge in [-0.1, -0.05) is 328 Å². The number of hydrogen-bond donors (Lipinski definition) is 0. The molecule has 132 heavy (non-hydrogen) atoms. The van der Waals surface area contributed by atoms with Crippen LogP contribution < -0.4 is 19.6 Å². The summed E-state index contributed by atoms with van der Waals surface area (Å²) in [4.78, 5) is 7.72. The van der Waals surface area contributed by atoms with Crippen LogP contribution >= 0.6 is 0 Å². The summed E-state index contributed by atoms with van der Waals surface area (Å²) >= 11 is 0. The molecule has 0 aromatic heterocycles. The quantitative estimate of drug-likeness (QED) is 0.0706. The molecule has 0 saturated heterocycles. The van der Waals surface area contributed by atoms with Gasteiger partial charge in [-0.05, 0) is 207 Å². The van der Waals surface area contributed by atoms with E-state index in [0.717, 1.165) is 153 Å². The van der Waals surface area contributed by atoms with Crippen molar-refractivity contribution < 1.29 is 35.1 Å². The maximum Gasteiger partial charge on any atom is 0.136 e. The Hall–Kier alpha value is -17.0. The highest BCUT2D eigenvalue weighted by Crippen LogP contribution is 2.54. The van der Waals surface area contributed by atoms with E-state index in [1.54, 1.807) is 97.1 Å². The Kier molecular flexibility index (Phi) is 19.7. The van der Waals surface area contributed by atoms with Crippen molar-refractivity contribution in [2.45, 2.75) is 0 Å². The highest BCUT2D eigenvalue weighted by atomic mass is 19.2. The second-order valence-electron chi connectivity index (χ2n) is 33.2. The van der Waals surface area contributed by atoms with Crippen LogP contribution in [0.25, 0.3) is 152 Å². The summed E-state index contributed by atoms with van der Waals surface area (Å²) in [5.41, 5.74) is 8.53. The first-order chi connectivity index (χ1) is 64.8. The third kappa shape index (κ3) is 13.8. The van der Waals surface area contributed by atoms with E-state index >= 15 is 35.1 Å². The highest BCUT2D eigenvalue weighted by Gasteiger charge is 2.31. The summed E-state index contributed by atoms with van der Waals surface area (Å²) in [6.07, 6.45) is 0. The van der Waals surface area contributed by atoms with E-state index in [0.29, 0.717) is 45.0 Å². The van der Waals surface area contributed by atoms with Crippen LogP contribution in [0.15, 0.2) is 437 Å². The summed E-state index contributed by atoms with van der Waals surface area (Å²) in [5.74, 6) is -5.43. The van der Waals surface area contributed by atoms with Gasteiger partial charge in [-0.2, -0.15) is 0 Å². The SMILES string of the molecule is Fc1cc(N(c2ccc3ccccc3c2)c2ccc3ccc4c(N(c5cc(F)c(-c6ccccc6)c(F)c5)c5ccc6ccccc6c5)ccc5ccc2c3c54)cc(F)c1-c1ccccc1.Fc1cc(N(c2cccc3ccccc23)c2ccc3ccc4c(N(c5cc(F)c(-c6ccccc6)c(F)c5)c5cccc6ccccc56)ccc5ccc2c3c54)cc(F)c1-c1ccccc1. The minimum Gasteiger partial charge on any atom is -0.310 e. The Morgan fingerprint density at radius 3 is 0.629 bits per heavy atom. The van der Waals surface area contributed by atoms with Crippen LogP contribution in [0.4, 0.5) is 103 Å². The molecule has 628 valence electrons. The maximum atomic E-state index is 16.5. The molecule has 0 aliphatic heterocycles. The van der Waals surface area contributed by atoms with Gasteiger partial charge in [-0.3, -0.25) is 0 Å². The molecule has 0 unspecified atom stereocenters. The Balaban J connectivity index is 0.000000150. The number of anilines is 12. The van der Waals surface area contributed by atoms with Crippen molar-refractivity contribution in [1.29, 1.82) is 0 Å². The number of rotatable bonds is 16. The van der Waals surface area contributed by atoms with E-state index in [1.165, 1.54) is 48.5 Å². The molecule has 0 bridgehead atoms. The lowest BCUT2D eigenvalue weighted by Gasteiger charge is -2.30. The van der Waals surface area contributed by atoms with Gasteiger partial charge in [0.25, 0.3) is 0 Å². The first kappa shape index (κ1) is 79.7. The zero-order valence-corrected chi connectivity index (χ0v) is 70.4. The third-order valence-electron chi connectivity index (χ3n) is 25.6. The van der Waals surface area contributed by atoms with Crippen LogP contribution in [0.5, 0.6) is 0 Å². The number of benzene rings is 24. The van der Waals surface area contributed by atoms with Crippen LogP contribution in [0, 0.1) is 46.5 Å². The molecule has 0 heterocycles. The normalized spacial score (nSPS) is 11.6. The maximum absolute atomic E-state index is 16.5. The molecule has 0 N–H and O–H groups in total. The number of hydrogen-bond acceptors (Lipinski definition) is 4. The first-order valence-electron chi connectivity index (χ1n) is 43.5. The number of halogens is 8. The van der Waals surface area contributed by atoms with Gasteiger partial charge in [0, 0.05) is 43.7 Å². The van der Waals surface area contributed by atoms with Crippen LogP contribution in [-0.4, -0.2) is 0 Å². The Labute approximate surface area is 753 Å². The lowest BCUT2D eigenvalue weighted by atomic mass is 9.91. The van der Waals surface area contributed by atoms with E-state index in [1.807, 2.05) is 262 Å². The fraction of sp³-hybridized carbons (Fsp3) is 0. The van der Waals surface area contributed by atoms with E-state index in [9.17, 15) is 0 Å². The summed E-state index contributed by atoms with van der Waals surface area (Å²) < 4.78 is 132. The van der Waals surface area contributed by atoms with Gasteiger partial charge in [-0.15, -0.1) is 0 Å². The van der Waals surface area contributed by atoms with Crippen LogP contribution in [0.1, 0.15) is 0 Å². The molecule has 0 atom stereocenters. The van der Waals surface area contributed by atoms with Crippen LogP contribution in [-0.2, 0) is 0 Å². The van der Waals surface area contributed by atoms with Crippen LogP contribution in [0.3, 0.4) is 0 Å². The Morgan fingerprint density at radius 2 is 0.341 bits per heavy atom. The van der Waals surface area contributed by atoms with Gasteiger partial charge in [0.1, 0.15) is 46.5 Å². The molecule has 0 aliphatic carbocycles. The summed E-state index contributed by atoms with van der Waals surface area (Å²) in [6, 6.07) is 135. The standard InChI is InChI=1S/2C60H36F4N2/c61-49-33-43(34-50(62)59(49)39-15-3-1-4-16-39)65(53-23-11-19-37-13-7-9-21-45(37)53)55-31-27-41-26-30-48-56(32-28-42-25-29-47(55)57(41)58(42)48)66(54-24-12-20-38-14-8-10-22-46(38)54)44-35-51(63)60(52(64)36-44)40-17-5-2-6-18-40;61-51-33-47(34-52(62)59(51)39-13-3-1-4-14-39)65(45-25-19-37-11-7-9-17-43(37)31-45)55-29-23-41-22-28-50-56(30-24-42-21-27-49(55)57(41)58(42)50)66(46-26-20-38-12-8-10-18-44(38)32-46)48-35-53(63)60(54(64)36-48)40-15-5-2-6-16-40/h2*1-36H. The first-order valence-corrected chi connectivity index (χ1v) is 43.5. The molecule has 24 aromatic carbocycles. The van der Waals surface area contributed by atoms with E-state index in [-0.39, 0.29) is 22.3 Å². The summed E-state index contributed by atoms with van der Waals surface area (Å²) in [7, 11) is 0. The average molecular weight is 1720 g/mol. The van der Waals surface area contributed by atoms with E-state index in [4.69, 9.17) is 0 Å². The van der Waals surface area contributed by atoms with Crippen molar-refractivity contribution in [3.05, 3.63) is 483 Å². The molecule has 24 rings (SSSR count). The number of fused-ring (bicyclic) bond motifs is 4. The molecule has 4 nitrogen and oxygen atoms in total. The fourth-order valence-electron chi connectivity index (χ4n) is 19.7. The van der Waals surface area contributed by atoms with Gasteiger partial charge in [0.15, 0.2) is 0 Å². The molecule has 0 aliphatic rings. The van der Waals surface area contributed by atoms with Crippen molar-refractivity contribution in [3.63, 3.8) is 0 Å². The van der Waals surface area contributed by atoms with Gasteiger partial charge < -0.3 is 19.6 Å². The molecule has 12 heteroatoms. The summed E-state index contributed by atoms with van der Waals surface area (Å²) in [6.45, 7) is 0. The van der Waals surface area contributed by atoms with Gasteiger partial charge in [0.05, 0.1) is 79.1 Å². The van der Waals surface area contributed by atoms with Crippen molar-refractivity contribution in [2.75, 3.05) is 19.6 Å². The lowest BCUT2D eigenvalue weighted by molar-refractivity contribution is 0.589. The van der Waals surface area contributed by atoms with Crippen molar-refractivity contribution in [2.24, 2.45) is 0 Å². The lowest BCUT2D eigenvalue weighted by Crippen LogP contribution is -2.13. The van der Waals surface area contributed by atoms with Gasteiger partial charge >= 0.3 is 0 Å².